The third kappa shape index (κ3) is 2.89. The molecule has 0 bridgehead atoms. The Labute approximate surface area is 157 Å². The molecule has 2 saturated heterocycles. The summed E-state index contributed by atoms with van der Waals surface area (Å²) >= 11 is 0. The van der Waals surface area contributed by atoms with E-state index in [1.807, 2.05) is 0 Å². The van der Waals surface area contributed by atoms with E-state index in [2.05, 4.69) is 67.8 Å². The van der Waals surface area contributed by atoms with Crippen molar-refractivity contribution in [2.45, 2.75) is 39.2 Å². The van der Waals surface area contributed by atoms with Crippen LogP contribution in [0.4, 0.5) is 5.82 Å². The first-order valence-electron chi connectivity index (χ1n) is 9.92. The van der Waals surface area contributed by atoms with E-state index in [4.69, 9.17) is 4.98 Å². The summed E-state index contributed by atoms with van der Waals surface area (Å²) < 4.78 is 0. The molecule has 4 heteroatoms. The van der Waals surface area contributed by atoms with Crippen LogP contribution < -0.4 is 4.90 Å². The maximum absolute atomic E-state index is 5.14. The molecule has 4 rings (SSSR count). The van der Waals surface area contributed by atoms with Crippen molar-refractivity contribution < 1.29 is 0 Å². The fourth-order valence-corrected chi connectivity index (χ4v) is 4.68. The first-order chi connectivity index (χ1) is 12.4. The fraction of sp³-hybridized carbons (Fsp3) is 0.591. The number of hydrogen-bond donors (Lipinski definition) is 0. The van der Waals surface area contributed by atoms with Gasteiger partial charge in [0.15, 0.2) is 0 Å². The highest BCUT2D eigenvalue weighted by molar-refractivity contribution is 5.87. The first kappa shape index (κ1) is 17.7. The van der Waals surface area contributed by atoms with Crippen LogP contribution in [-0.2, 0) is 0 Å². The van der Waals surface area contributed by atoms with Gasteiger partial charge in [0.05, 0.1) is 5.52 Å². The van der Waals surface area contributed by atoms with Gasteiger partial charge in [-0.1, -0.05) is 12.1 Å². The number of nitrogens with zero attached hydrogens (tertiary/aromatic N) is 4. The van der Waals surface area contributed by atoms with Gasteiger partial charge in [0, 0.05) is 30.6 Å². The van der Waals surface area contributed by atoms with Crippen LogP contribution in [0, 0.1) is 20.8 Å². The van der Waals surface area contributed by atoms with Gasteiger partial charge in [-0.2, -0.15) is 0 Å². The van der Waals surface area contributed by atoms with Crippen LogP contribution >= 0.6 is 0 Å². The molecule has 0 N–H and O–H groups in total. The lowest BCUT2D eigenvalue weighted by atomic mass is 9.84. The molecule has 1 aromatic heterocycles. The standard InChI is InChI=1S/C22H32N4/c1-16-6-7-19-17(2)14-20(23-21(19)18(16)3)26-13-12-25(5)22(15-26)8-10-24(4)11-9-22/h6-7,14H,8-13,15H2,1-5H3. The molecular weight excluding hydrogens is 320 g/mol. The van der Waals surface area contributed by atoms with Gasteiger partial charge in [-0.25, -0.2) is 4.98 Å². The quantitative estimate of drug-likeness (QED) is 0.785. The summed E-state index contributed by atoms with van der Waals surface area (Å²) in [6.45, 7) is 12.3. The summed E-state index contributed by atoms with van der Waals surface area (Å²) in [5.74, 6) is 1.16. The Morgan fingerprint density at radius 1 is 0.923 bits per heavy atom. The summed E-state index contributed by atoms with van der Waals surface area (Å²) in [7, 11) is 4.56. The number of hydrogen-bond acceptors (Lipinski definition) is 4. The summed E-state index contributed by atoms with van der Waals surface area (Å²) in [5, 5.41) is 1.29. The number of aryl methyl sites for hydroxylation is 3. The van der Waals surface area contributed by atoms with Gasteiger partial charge in [0.2, 0.25) is 0 Å². The predicted molar refractivity (Wildman–Crippen MR) is 110 cm³/mol. The molecule has 2 aromatic rings. The monoisotopic (exact) mass is 352 g/mol. The third-order valence-corrected chi connectivity index (χ3v) is 6.94. The number of anilines is 1. The van der Waals surface area contributed by atoms with Gasteiger partial charge >= 0.3 is 0 Å². The van der Waals surface area contributed by atoms with Gasteiger partial charge in [-0.05, 0) is 83.6 Å². The minimum atomic E-state index is 0.303. The van der Waals surface area contributed by atoms with Gasteiger partial charge in [-0.3, -0.25) is 4.90 Å². The lowest BCUT2D eigenvalue weighted by molar-refractivity contribution is 0.0383. The van der Waals surface area contributed by atoms with Gasteiger partial charge < -0.3 is 9.80 Å². The van der Waals surface area contributed by atoms with Crippen molar-refractivity contribution in [3.63, 3.8) is 0 Å². The van der Waals surface area contributed by atoms with Crippen LogP contribution in [0.3, 0.4) is 0 Å². The predicted octanol–water partition coefficient (Wildman–Crippen LogP) is 3.38. The lowest BCUT2D eigenvalue weighted by Crippen LogP contribution is -2.64. The van der Waals surface area contributed by atoms with E-state index in [1.165, 1.54) is 53.5 Å². The number of piperidine rings is 1. The average Bonchev–Trinajstić information content (AvgIpc) is 2.63. The molecule has 2 aliphatic heterocycles. The van der Waals surface area contributed by atoms with Crippen LogP contribution in [0.15, 0.2) is 18.2 Å². The van der Waals surface area contributed by atoms with Gasteiger partial charge in [0.1, 0.15) is 5.82 Å². The highest BCUT2D eigenvalue weighted by Crippen LogP contribution is 2.34. The average molecular weight is 353 g/mol. The van der Waals surface area contributed by atoms with Gasteiger partial charge in [-0.15, -0.1) is 0 Å². The Balaban J connectivity index is 1.70. The van der Waals surface area contributed by atoms with E-state index in [1.54, 1.807) is 0 Å². The highest BCUT2D eigenvalue weighted by atomic mass is 15.3. The molecule has 0 amide bonds. The number of fused-ring (bicyclic) bond motifs is 1. The van der Waals surface area contributed by atoms with Crippen molar-refractivity contribution in [1.82, 2.24) is 14.8 Å². The van der Waals surface area contributed by atoms with Crippen LogP contribution in [-0.4, -0.2) is 67.1 Å². The van der Waals surface area contributed by atoms with Crippen LogP contribution in [0.1, 0.15) is 29.5 Å². The van der Waals surface area contributed by atoms with Gasteiger partial charge in [0.25, 0.3) is 0 Å². The molecule has 0 radical (unpaired) electrons. The first-order valence-corrected chi connectivity index (χ1v) is 9.92. The van der Waals surface area contributed by atoms with Crippen LogP contribution in [0.2, 0.25) is 0 Å². The van der Waals surface area contributed by atoms with Crippen LogP contribution in [0.25, 0.3) is 10.9 Å². The van der Waals surface area contributed by atoms with E-state index >= 15 is 0 Å². The minimum Gasteiger partial charge on any atom is -0.353 e. The summed E-state index contributed by atoms with van der Waals surface area (Å²) in [4.78, 5) is 12.7. The SMILES string of the molecule is Cc1ccc2c(C)cc(N3CCN(C)C4(CCN(C)CC4)C3)nc2c1C. The van der Waals surface area contributed by atoms with E-state index in [-0.39, 0.29) is 0 Å². The maximum Gasteiger partial charge on any atom is 0.129 e. The second-order valence-corrected chi connectivity index (χ2v) is 8.57. The molecular formula is C22H32N4. The molecule has 0 unspecified atom stereocenters. The number of aromatic nitrogens is 1. The highest BCUT2D eigenvalue weighted by Gasteiger charge is 2.41. The minimum absolute atomic E-state index is 0.303. The summed E-state index contributed by atoms with van der Waals surface area (Å²) in [6.07, 6.45) is 2.50. The zero-order chi connectivity index (χ0) is 18.5. The Hall–Kier alpha value is -1.65. The van der Waals surface area contributed by atoms with Crippen molar-refractivity contribution >= 4 is 16.7 Å². The molecule has 4 nitrogen and oxygen atoms in total. The van der Waals surface area contributed by atoms with Crippen molar-refractivity contribution in [3.8, 4) is 0 Å². The second-order valence-electron chi connectivity index (χ2n) is 8.57. The number of likely N-dealkylation sites (tertiary alicyclic amines) is 1. The zero-order valence-electron chi connectivity index (χ0n) is 17.0. The van der Waals surface area contributed by atoms with Crippen molar-refractivity contribution in [1.29, 1.82) is 0 Å². The summed E-state index contributed by atoms with van der Waals surface area (Å²) in [5.41, 5.74) is 5.46. The molecule has 2 fully saturated rings. The molecule has 0 aliphatic carbocycles. The number of rotatable bonds is 1. The zero-order valence-corrected chi connectivity index (χ0v) is 17.0. The van der Waals surface area contributed by atoms with E-state index < -0.39 is 0 Å². The number of benzene rings is 1. The van der Waals surface area contributed by atoms with Crippen molar-refractivity contribution in [2.24, 2.45) is 0 Å². The molecule has 0 atom stereocenters. The Kier molecular flexibility index (Phi) is 4.44. The van der Waals surface area contributed by atoms with Crippen molar-refractivity contribution in [3.05, 3.63) is 34.9 Å². The van der Waals surface area contributed by atoms with E-state index in [0.29, 0.717) is 5.54 Å². The molecule has 26 heavy (non-hydrogen) atoms. The Bertz CT molecular complexity index is 820. The molecule has 140 valence electrons. The van der Waals surface area contributed by atoms with E-state index in [0.717, 1.165) is 25.5 Å². The fourth-order valence-electron chi connectivity index (χ4n) is 4.68. The summed E-state index contributed by atoms with van der Waals surface area (Å²) in [6, 6.07) is 6.74. The Morgan fingerprint density at radius 3 is 2.38 bits per heavy atom. The number of pyridine rings is 1. The maximum atomic E-state index is 5.14. The molecule has 3 heterocycles. The van der Waals surface area contributed by atoms with Crippen LogP contribution in [0.5, 0.6) is 0 Å². The van der Waals surface area contributed by atoms with Crippen molar-refractivity contribution in [2.75, 3.05) is 51.7 Å². The third-order valence-electron chi connectivity index (χ3n) is 6.94. The molecule has 0 saturated carbocycles. The molecule has 2 aliphatic rings. The second kappa shape index (κ2) is 6.50. The normalized spacial score (nSPS) is 21.7. The smallest absolute Gasteiger partial charge is 0.129 e. The largest absolute Gasteiger partial charge is 0.353 e. The topological polar surface area (TPSA) is 22.6 Å². The lowest BCUT2D eigenvalue weighted by Gasteiger charge is -2.53. The molecule has 1 aromatic carbocycles. The molecule has 1 spiro atoms. The Morgan fingerprint density at radius 2 is 1.65 bits per heavy atom. The van der Waals surface area contributed by atoms with E-state index in [9.17, 15) is 0 Å². The number of piperazine rings is 1. The number of likely N-dealkylation sites (N-methyl/N-ethyl adjacent to an activating group) is 1.